The number of aliphatic hydroxyl groups is 4. The SMILES string of the molecule is C.C.C.C.C#CCC(O)C(C)(C)COc1ccc(OC)cc1.C#CCC(O[Si](C)(C)C(C)(C)C)C(C)(C)CO.C#CCC(O[Si](C)(C)C(C)(C)C)C(C)(C)COc1ccc(OC)cc1.C1CCOC1.CC(C)(C)[Si](C)(C)OS(=O)(=O)C(F)(F)F.COC(=O)C(C)(C)CO.COC(=O)C(C)(C)COc1ccc(OC)cc1.COc1ccc(OCC(C)(C)C=O)cc1.COc1ccc(OCC(C)(C)CO)cc1.[2H]PC.[2H]PC.[AlH3].[Br-].[CH-]=C.[H-].[Li+].[Mg+2]. The molecule has 0 spiro atoms. The number of ether oxygens (including phenoxy) is 13. The summed E-state index contributed by atoms with van der Waals surface area (Å²) in [6, 6.07) is 36.9. The normalized spacial score (nSPS) is 12.5. The van der Waals surface area contributed by atoms with Crippen molar-refractivity contribution in [3.05, 3.63) is 134 Å². The number of rotatable bonds is 38. The number of methoxy groups -OCH3 is 7. The number of carbonyl (C=O) groups is 3. The molecule has 1 saturated heterocycles. The van der Waals surface area contributed by atoms with E-state index in [1.807, 2.05) is 166 Å². The summed E-state index contributed by atoms with van der Waals surface area (Å²) in [6.07, 6.45) is 20.5. The summed E-state index contributed by atoms with van der Waals surface area (Å²) >= 11 is 0. The van der Waals surface area contributed by atoms with E-state index in [0.717, 1.165) is 71.2 Å². The molecule has 0 aliphatic carbocycles. The van der Waals surface area contributed by atoms with E-state index >= 15 is 0 Å². The van der Waals surface area contributed by atoms with Crippen LogP contribution >= 0.6 is 18.4 Å². The molecule has 862 valence electrons. The van der Waals surface area contributed by atoms with Crippen molar-refractivity contribution in [2.45, 2.75) is 299 Å². The Morgan fingerprint density at radius 1 is 0.453 bits per heavy atom. The van der Waals surface area contributed by atoms with Crippen LogP contribution in [0.15, 0.2) is 128 Å². The van der Waals surface area contributed by atoms with Gasteiger partial charge in [0.1, 0.15) is 70.4 Å². The fraction of sp³-hybridized carbons (Fsp3) is 0.634. The van der Waals surface area contributed by atoms with Crippen molar-refractivity contribution in [3.63, 3.8) is 0 Å². The van der Waals surface area contributed by atoms with E-state index in [4.69, 9.17) is 97.7 Å². The molecule has 0 amide bonds. The van der Waals surface area contributed by atoms with Gasteiger partial charge in [0.2, 0.25) is 8.32 Å². The summed E-state index contributed by atoms with van der Waals surface area (Å²) in [5.74, 6) is 15.0. The van der Waals surface area contributed by atoms with Crippen LogP contribution in [-0.2, 0) is 51.4 Å². The molecule has 4 N–H and O–H groups in total. The van der Waals surface area contributed by atoms with Crippen molar-refractivity contribution in [3.8, 4) is 94.5 Å². The van der Waals surface area contributed by atoms with Gasteiger partial charge in [0.15, 0.2) is 34.0 Å². The first-order valence-corrected chi connectivity index (χ1v) is 58.6. The van der Waals surface area contributed by atoms with E-state index < -0.39 is 68.0 Å². The number of hydrogen-bond donors (Lipinski definition) is 4. The van der Waals surface area contributed by atoms with Gasteiger partial charge in [0.05, 0.1) is 133 Å². The van der Waals surface area contributed by atoms with Crippen molar-refractivity contribution >= 4 is 112 Å². The Hall–Kier alpha value is -5.56. The van der Waals surface area contributed by atoms with E-state index in [1.54, 1.807) is 108 Å². The first-order chi connectivity index (χ1) is 66.1. The molecule has 0 aromatic heterocycles. The average molecular weight is 2320 g/mol. The minimum Gasteiger partial charge on any atom is -1.00 e. The zero-order chi connectivity index (χ0) is 113. The van der Waals surface area contributed by atoms with Gasteiger partial charge in [-0.1, -0.05) is 161 Å². The van der Waals surface area contributed by atoms with Gasteiger partial charge in [0.25, 0.3) is 0 Å². The van der Waals surface area contributed by atoms with Crippen molar-refractivity contribution in [1.29, 1.82) is 2.56 Å². The standard InChI is InChI=1S/C21H34O3Si.C15H20O3.C14H28O2Si.C13H18O4.C12H18O3.C12H16O3.C7H15F3O3SSi.C6H12O3.C4H8O.C2H3.2CH5P.4CH4.Al.BrH.Li.Mg.4H/c1-10-11-19(24-25(8,9)20(2,3)4)21(5,6)16-23-18-14-12-17(22-7)13-15-18;1-5-6-14(16)15(2,3)11-18-13-9-7-12(17-4)8-10-13;1-9-10-12(14(5,6)11-15)16-17(7,8)13(2,3)4;1-13(2,12(14)16-4)9-17-11-7-5-10(15-3)6-8-11;2*1-12(2,8-13)9-15-11-6-4-10(14-3)5-7-11;1-6(2,3)15(4,5)13-14(11,12)7(8,9)10;1-6(2,4-7)5(8)9-3;1-2-4-5-3-1;3*1-2;;;;;;;;;;;;/h1,12-15,19H,11,16H2,2-9H3;1,7-10,14,16H,6,11H2,2-4H3;1,12,15H,10-11H2,2-8H3;5-8H,9H2,1-4H3;4-7,13H,8-9H2,1-3H3;4-8H,9H2,1-3H3;1-5H3;7H,4H2,1-3H3;1-4H2;1H,2H2;2*2H2,1H3;4*1H4;;1H;;;;;;/q;;;;;;;;;-1;;;;;;;;;+1;+2;;;;-1/p-1/i;;;;;;;;;;2*2D;;;;;;;;;;;;. The van der Waals surface area contributed by atoms with E-state index in [-0.39, 0.29) is 190 Å². The van der Waals surface area contributed by atoms with Crippen LogP contribution in [-0.4, -0.2) is 268 Å². The molecule has 1 fully saturated rings. The Bertz CT molecular complexity index is 4520. The number of benzene rings is 5. The summed E-state index contributed by atoms with van der Waals surface area (Å²) in [7, 11) is -0.704. The number of aldehydes is 1. The molecule has 38 heteroatoms. The molecule has 1 aliphatic heterocycles. The Morgan fingerprint density at radius 2 is 0.700 bits per heavy atom. The molecule has 6 rings (SSSR count). The van der Waals surface area contributed by atoms with Gasteiger partial charge >= 0.3 is 69.5 Å². The minimum absolute atomic E-state index is 0. The predicted octanol–water partition coefficient (Wildman–Crippen LogP) is 18.6. The maximum absolute atomic E-state index is 12.1. The maximum Gasteiger partial charge on any atom is 2.00 e. The molecule has 0 radical (unpaired) electrons. The largest absolute Gasteiger partial charge is 2.00 e. The molecule has 5 aromatic carbocycles. The zero-order valence-electron chi connectivity index (χ0n) is 98.0. The van der Waals surface area contributed by atoms with Crippen molar-refractivity contribution < 1.29 is 168 Å². The van der Waals surface area contributed by atoms with Crippen LogP contribution in [0.25, 0.3) is 0 Å². The fourth-order valence-corrected chi connectivity index (χ4v) is 15.8. The average Bonchev–Trinajstić information content (AvgIpc) is 1.43. The summed E-state index contributed by atoms with van der Waals surface area (Å²) in [6.45, 7) is 71.5. The third-order valence-corrected chi connectivity index (χ3v) is 38.4. The fourth-order valence-electron chi connectivity index (χ4n) is 9.34. The van der Waals surface area contributed by atoms with E-state index in [9.17, 15) is 46.2 Å². The third kappa shape index (κ3) is 73.8. The maximum atomic E-state index is 12.1. The van der Waals surface area contributed by atoms with Gasteiger partial charge in [-0.15, -0.1) is 55.4 Å². The Kier molecular flexibility index (Phi) is 96.6. The molecule has 150 heavy (non-hydrogen) atoms. The first kappa shape index (κ1) is 169. The smallest absolute Gasteiger partial charge is 1.00 e. The minimum atomic E-state index is -5.48. The van der Waals surface area contributed by atoms with Crippen molar-refractivity contribution in [2.24, 2.45) is 37.9 Å². The summed E-state index contributed by atoms with van der Waals surface area (Å²) in [5.41, 5.74) is -8.28. The number of terminal acetylenes is 3. The van der Waals surface area contributed by atoms with Gasteiger partial charge in [0, 0.05) is 54.1 Å². The molecule has 1 heterocycles. The molecule has 0 bridgehead atoms. The number of halogens is 4. The monoisotopic (exact) mass is 2320 g/mol. The van der Waals surface area contributed by atoms with Gasteiger partial charge < -0.3 is 125 Å². The van der Waals surface area contributed by atoms with Crippen molar-refractivity contribution in [1.82, 2.24) is 0 Å². The Morgan fingerprint density at radius 3 is 0.913 bits per heavy atom. The van der Waals surface area contributed by atoms with E-state index in [2.05, 4.69) is 121 Å². The number of carbonyl (C=O) groups excluding carboxylic acids is 3. The van der Waals surface area contributed by atoms with Crippen LogP contribution in [0.4, 0.5) is 13.2 Å². The van der Waals surface area contributed by atoms with Gasteiger partial charge in [-0.25, -0.2) is 0 Å². The second-order valence-electron chi connectivity index (χ2n) is 41.8. The Labute approximate surface area is 970 Å². The van der Waals surface area contributed by atoms with Crippen LogP contribution < -0.4 is 83.2 Å². The van der Waals surface area contributed by atoms with Gasteiger partial charge in [-0.05, 0) is 230 Å². The van der Waals surface area contributed by atoms with Crippen LogP contribution in [0.5, 0.6) is 57.5 Å². The quantitative estimate of drug-likeness (QED) is 0.00542. The number of esters is 2. The number of hydrogen-bond acceptors (Lipinski definition) is 25. The molecule has 5 unspecified atom stereocenters. The third-order valence-electron chi connectivity index (χ3n) is 22.7. The predicted molar refractivity (Wildman–Crippen MR) is 629 cm³/mol. The van der Waals surface area contributed by atoms with E-state index in [1.165, 1.54) is 40.2 Å². The van der Waals surface area contributed by atoms with Crippen LogP contribution in [0.1, 0.15) is 222 Å². The molecule has 0 saturated carbocycles. The molecule has 1 aliphatic rings. The first-order valence-electron chi connectivity index (χ1n) is 47.4. The molecule has 25 nitrogen and oxygen atoms in total. The van der Waals surface area contributed by atoms with Crippen LogP contribution in [0.3, 0.4) is 0 Å². The van der Waals surface area contributed by atoms with Crippen LogP contribution in [0, 0.1) is 81.5 Å². The summed E-state index contributed by atoms with van der Waals surface area (Å²) in [5, 5.41) is 36.7. The Balaban J connectivity index is -0.000000108. The van der Waals surface area contributed by atoms with Gasteiger partial charge in [-0.2, -0.15) is 21.6 Å². The van der Waals surface area contributed by atoms with Gasteiger partial charge in [-0.3, -0.25) is 16.2 Å². The molecule has 5 atom stereocenters. The second-order valence-corrected chi connectivity index (χ2v) is 57.9. The molecule has 5 aromatic rings. The number of alkyl halides is 3. The van der Waals surface area contributed by atoms with Crippen molar-refractivity contribution in [2.75, 3.05) is 129 Å². The number of aliphatic hydroxyl groups excluding tert-OH is 4. The molecular formula is C112H202AlBrF3LiMgO25P2SSi3. The summed E-state index contributed by atoms with van der Waals surface area (Å²) < 4.78 is 155. The zero-order valence-corrected chi connectivity index (χ0v) is 104. The summed E-state index contributed by atoms with van der Waals surface area (Å²) in [4.78, 5) is 32.8. The molecular weight excluding hydrogens is 2120 g/mol. The van der Waals surface area contributed by atoms with Crippen LogP contribution in [0.2, 0.25) is 54.4 Å². The van der Waals surface area contributed by atoms with E-state index in [0.29, 0.717) is 69.8 Å². The second kappa shape index (κ2) is 85.5. The topological polar surface area (TPSA) is 314 Å².